The second kappa shape index (κ2) is 8.10. The first-order valence-electron chi connectivity index (χ1n) is 10.4. The number of carbonyl (C=O) groups excluding carboxylic acids is 1. The minimum atomic E-state index is 0.0553. The summed E-state index contributed by atoms with van der Waals surface area (Å²) in [6.07, 6.45) is 6.20. The van der Waals surface area contributed by atoms with Gasteiger partial charge in [0.2, 0.25) is 0 Å². The summed E-state index contributed by atoms with van der Waals surface area (Å²) in [4.78, 5) is 17.7. The van der Waals surface area contributed by atoms with Gasteiger partial charge in [-0.2, -0.15) is 0 Å². The van der Waals surface area contributed by atoms with Crippen LogP contribution in [0.25, 0.3) is 5.69 Å². The molecule has 2 aliphatic rings. The molecule has 4 rings (SSSR count). The maximum Gasteiger partial charge on any atom is 0.253 e. The van der Waals surface area contributed by atoms with Gasteiger partial charge in [-0.25, -0.2) is 0 Å². The molecule has 150 valence electrons. The highest BCUT2D eigenvalue weighted by Crippen LogP contribution is 2.34. The molecule has 2 aliphatic heterocycles. The van der Waals surface area contributed by atoms with Gasteiger partial charge in [0, 0.05) is 61.3 Å². The van der Waals surface area contributed by atoms with Crippen LogP contribution in [0.1, 0.15) is 37.0 Å². The maximum absolute atomic E-state index is 13.2. The van der Waals surface area contributed by atoms with Crippen molar-refractivity contribution in [3.63, 3.8) is 0 Å². The number of aromatic nitrogens is 1. The van der Waals surface area contributed by atoms with E-state index in [-0.39, 0.29) is 11.3 Å². The molecule has 0 aliphatic carbocycles. The van der Waals surface area contributed by atoms with Gasteiger partial charge in [-0.15, -0.1) is 0 Å². The van der Waals surface area contributed by atoms with Crippen molar-refractivity contribution < 1.29 is 9.53 Å². The molecule has 1 unspecified atom stereocenters. The Hall–Kier alpha value is -2.11. The van der Waals surface area contributed by atoms with Crippen LogP contribution in [0.2, 0.25) is 0 Å². The van der Waals surface area contributed by atoms with Crippen LogP contribution in [0.15, 0.2) is 48.8 Å². The topological polar surface area (TPSA) is 37.7 Å². The minimum Gasteiger partial charge on any atom is -0.379 e. The molecule has 2 saturated heterocycles. The van der Waals surface area contributed by atoms with Crippen molar-refractivity contribution in [3.8, 4) is 5.69 Å². The van der Waals surface area contributed by atoms with Gasteiger partial charge in [0.25, 0.3) is 5.91 Å². The van der Waals surface area contributed by atoms with Gasteiger partial charge in [0.15, 0.2) is 0 Å². The van der Waals surface area contributed by atoms with Crippen molar-refractivity contribution >= 4 is 5.91 Å². The molecule has 28 heavy (non-hydrogen) atoms. The SMILES string of the molecule is CC(C)N1CCOCC2(CCCN(C(=O)c3ccc(-n4cccc4)cc3)C2)C1. The predicted molar refractivity (Wildman–Crippen MR) is 111 cm³/mol. The van der Waals surface area contributed by atoms with Gasteiger partial charge in [-0.05, 0) is 63.1 Å². The Bertz CT molecular complexity index is 785. The molecular weight excluding hydrogens is 350 g/mol. The first-order chi connectivity index (χ1) is 13.6. The molecule has 1 spiro atoms. The molecule has 0 bridgehead atoms. The van der Waals surface area contributed by atoms with Gasteiger partial charge < -0.3 is 14.2 Å². The van der Waals surface area contributed by atoms with Crippen molar-refractivity contribution in [2.75, 3.05) is 39.4 Å². The summed E-state index contributed by atoms with van der Waals surface area (Å²) >= 11 is 0. The van der Waals surface area contributed by atoms with Crippen molar-refractivity contribution in [3.05, 3.63) is 54.4 Å². The van der Waals surface area contributed by atoms with E-state index < -0.39 is 0 Å². The van der Waals surface area contributed by atoms with E-state index in [1.54, 1.807) is 0 Å². The van der Waals surface area contributed by atoms with E-state index in [4.69, 9.17) is 4.74 Å². The molecule has 2 aromatic rings. The molecular formula is C23H31N3O2. The molecule has 3 heterocycles. The zero-order valence-corrected chi connectivity index (χ0v) is 17.0. The third-order valence-corrected chi connectivity index (χ3v) is 6.17. The number of hydrogen-bond donors (Lipinski definition) is 0. The summed E-state index contributed by atoms with van der Waals surface area (Å²) in [7, 11) is 0. The van der Waals surface area contributed by atoms with Gasteiger partial charge in [0.05, 0.1) is 13.2 Å². The summed E-state index contributed by atoms with van der Waals surface area (Å²) in [6.45, 7) is 9.65. The summed E-state index contributed by atoms with van der Waals surface area (Å²) < 4.78 is 8.03. The lowest BCUT2D eigenvalue weighted by atomic mass is 9.79. The number of nitrogens with zero attached hydrogens (tertiary/aromatic N) is 3. The zero-order valence-electron chi connectivity index (χ0n) is 17.0. The van der Waals surface area contributed by atoms with Crippen molar-refractivity contribution in [1.29, 1.82) is 0 Å². The Morgan fingerprint density at radius 2 is 1.82 bits per heavy atom. The second-order valence-corrected chi connectivity index (χ2v) is 8.58. The van der Waals surface area contributed by atoms with Crippen LogP contribution in [0.4, 0.5) is 0 Å². The van der Waals surface area contributed by atoms with Crippen molar-refractivity contribution in [2.24, 2.45) is 5.41 Å². The molecule has 2 fully saturated rings. The fraction of sp³-hybridized carbons (Fsp3) is 0.522. The first kappa shape index (κ1) is 19.2. The lowest BCUT2D eigenvalue weighted by Gasteiger charge is -2.44. The fourth-order valence-electron chi connectivity index (χ4n) is 4.56. The van der Waals surface area contributed by atoms with Gasteiger partial charge >= 0.3 is 0 Å². The number of benzene rings is 1. The number of hydrogen-bond acceptors (Lipinski definition) is 3. The quantitative estimate of drug-likeness (QED) is 0.817. The Morgan fingerprint density at radius 3 is 2.54 bits per heavy atom. The van der Waals surface area contributed by atoms with E-state index in [2.05, 4.69) is 18.7 Å². The van der Waals surface area contributed by atoms with E-state index in [1.165, 1.54) is 0 Å². The van der Waals surface area contributed by atoms with Gasteiger partial charge in [-0.3, -0.25) is 9.69 Å². The number of piperidine rings is 1. The summed E-state index contributed by atoms with van der Waals surface area (Å²) in [5, 5.41) is 0. The van der Waals surface area contributed by atoms with E-state index in [9.17, 15) is 4.79 Å². The molecule has 0 saturated carbocycles. The Labute approximate surface area is 167 Å². The van der Waals surface area contributed by atoms with Crippen LogP contribution < -0.4 is 0 Å². The third-order valence-electron chi connectivity index (χ3n) is 6.17. The van der Waals surface area contributed by atoms with Gasteiger partial charge in [-0.1, -0.05) is 0 Å². The van der Waals surface area contributed by atoms with Crippen LogP contribution in [-0.4, -0.2) is 65.7 Å². The highest BCUT2D eigenvalue weighted by Gasteiger charge is 2.40. The Balaban J connectivity index is 1.48. The van der Waals surface area contributed by atoms with Crippen molar-refractivity contribution in [2.45, 2.75) is 32.7 Å². The molecule has 1 amide bonds. The second-order valence-electron chi connectivity index (χ2n) is 8.58. The molecule has 0 N–H and O–H groups in total. The van der Waals surface area contributed by atoms with E-state index in [1.807, 2.05) is 58.3 Å². The summed E-state index contributed by atoms with van der Waals surface area (Å²) in [5.74, 6) is 0.137. The number of amides is 1. The van der Waals surface area contributed by atoms with Crippen LogP contribution >= 0.6 is 0 Å². The average molecular weight is 382 g/mol. The molecule has 1 aromatic heterocycles. The fourth-order valence-corrected chi connectivity index (χ4v) is 4.56. The average Bonchev–Trinajstić information content (AvgIpc) is 3.17. The largest absolute Gasteiger partial charge is 0.379 e. The lowest BCUT2D eigenvalue weighted by Crippen LogP contribution is -2.53. The van der Waals surface area contributed by atoms with Crippen LogP contribution in [-0.2, 0) is 4.74 Å². The number of carbonyl (C=O) groups is 1. The van der Waals surface area contributed by atoms with Crippen molar-refractivity contribution in [1.82, 2.24) is 14.4 Å². The standard InChI is InChI=1S/C23H31N3O2/c1-19(2)25-14-15-28-18-23(16-25)10-5-13-26(17-23)22(27)20-6-8-21(9-7-20)24-11-3-4-12-24/h3-4,6-9,11-12,19H,5,10,13-18H2,1-2H3. The van der Waals surface area contributed by atoms with E-state index >= 15 is 0 Å². The molecule has 5 heteroatoms. The van der Waals surface area contributed by atoms with E-state index in [0.717, 1.165) is 63.5 Å². The molecule has 1 aromatic carbocycles. The molecule has 1 atom stereocenters. The smallest absolute Gasteiger partial charge is 0.253 e. The highest BCUT2D eigenvalue weighted by molar-refractivity contribution is 5.94. The lowest BCUT2D eigenvalue weighted by molar-refractivity contribution is 0.00573. The predicted octanol–water partition coefficient (Wildman–Crippen LogP) is 3.44. The highest BCUT2D eigenvalue weighted by atomic mass is 16.5. The number of likely N-dealkylation sites (tertiary alicyclic amines) is 1. The summed E-state index contributed by atoms with van der Waals surface area (Å²) in [5.41, 5.74) is 1.89. The van der Waals surface area contributed by atoms with Crippen LogP contribution in [0, 0.1) is 5.41 Å². The first-order valence-corrected chi connectivity index (χ1v) is 10.4. The summed E-state index contributed by atoms with van der Waals surface area (Å²) in [6, 6.07) is 12.4. The monoisotopic (exact) mass is 381 g/mol. The van der Waals surface area contributed by atoms with E-state index in [0.29, 0.717) is 6.04 Å². The minimum absolute atomic E-state index is 0.0553. The number of rotatable bonds is 3. The Morgan fingerprint density at radius 1 is 1.07 bits per heavy atom. The normalized spacial score (nSPS) is 23.9. The molecule has 5 nitrogen and oxygen atoms in total. The zero-order chi connectivity index (χ0) is 19.6. The van der Waals surface area contributed by atoms with Crippen LogP contribution in [0.3, 0.4) is 0 Å². The number of ether oxygens (including phenoxy) is 1. The van der Waals surface area contributed by atoms with Crippen LogP contribution in [0.5, 0.6) is 0 Å². The van der Waals surface area contributed by atoms with Gasteiger partial charge in [0.1, 0.15) is 0 Å². The third kappa shape index (κ3) is 4.01. The maximum atomic E-state index is 13.2. The molecule has 0 radical (unpaired) electrons. The Kier molecular flexibility index (Phi) is 5.56.